The molecule has 0 N–H and O–H groups in total. The molecule has 1 aromatic heterocycles. The third-order valence-electron chi connectivity index (χ3n) is 2.78. The molecule has 1 aliphatic carbocycles. The van der Waals surface area contributed by atoms with E-state index in [1.807, 2.05) is 11.8 Å². The summed E-state index contributed by atoms with van der Waals surface area (Å²) >= 11 is 1.87. The summed E-state index contributed by atoms with van der Waals surface area (Å²) in [5.74, 6) is 1.40. The maximum absolute atomic E-state index is 11.0. The predicted octanol–water partition coefficient (Wildman–Crippen LogP) is 1.96. The minimum atomic E-state index is -0.358. The van der Waals surface area contributed by atoms with Crippen molar-refractivity contribution >= 4 is 17.7 Å². The Morgan fingerprint density at radius 2 is 2.29 bits per heavy atom. The van der Waals surface area contributed by atoms with E-state index in [9.17, 15) is 4.79 Å². The highest BCUT2D eigenvalue weighted by atomic mass is 32.2. The van der Waals surface area contributed by atoms with Gasteiger partial charge in [-0.1, -0.05) is 18.0 Å². The lowest BCUT2D eigenvalue weighted by atomic mass is 10.4. The highest BCUT2D eigenvalue weighted by Crippen LogP contribution is 2.30. The molecule has 1 heterocycles. The zero-order valence-electron chi connectivity index (χ0n) is 9.85. The lowest BCUT2D eigenvalue weighted by Crippen LogP contribution is -2.04. The Kier molecular flexibility index (Phi) is 4.42. The number of esters is 1. The first-order chi connectivity index (χ1) is 8.28. The molecule has 0 radical (unpaired) electrons. The highest BCUT2D eigenvalue weighted by molar-refractivity contribution is 7.99. The van der Waals surface area contributed by atoms with E-state index in [-0.39, 0.29) is 12.4 Å². The van der Waals surface area contributed by atoms with E-state index in [0.717, 1.165) is 11.0 Å². The molecule has 0 aliphatic heterocycles. The average molecular weight is 256 g/mol. The monoisotopic (exact) mass is 256 g/mol. The Labute approximate surface area is 104 Å². The van der Waals surface area contributed by atoms with Crippen LogP contribution < -0.4 is 0 Å². The summed E-state index contributed by atoms with van der Waals surface area (Å²) in [6.45, 7) is 0. The van der Waals surface area contributed by atoms with Crippen molar-refractivity contribution in [1.82, 2.24) is 10.1 Å². The van der Waals surface area contributed by atoms with E-state index in [0.29, 0.717) is 11.7 Å². The van der Waals surface area contributed by atoms with Crippen molar-refractivity contribution in [3.63, 3.8) is 0 Å². The standard InChI is InChI=1S/C11H16N2O3S/c1-15-11(14)6-10-12-9(13-16-10)7-17-8-4-2-3-5-8/h8H,2-7H2,1H3. The Morgan fingerprint density at radius 3 is 3.00 bits per heavy atom. The summed E-state index contributed by atoms with van der Waals surface area (Å²) < 4.78 is 9.51. The largest absolute Gasteiger partial charge is 0.469 e. The number of nitrogens with zero attached hydrogens (tertiary/aromatic N) is 2. The van der Waals surface area contributed by atoms with Crippen molar-refractivity contribution in [2.75, 3.05) is 7.11 Å². The summed E-state index contributed by atoms with van der Waals surface area (Å²) in [5, 5.41) is 4.58. The molecule has 0 saturated heterocycles. The zero-order valence-corrected chi connectivity index (χ0v) is 10.7. The molecule has 94 valence electrons. The van der Waals surface area contributed by atoms with Crippen LogP contribution >= 0.6 is 11.8 Å². The second-order valence-electron chi connectivity index (χ2n) is 4.07. The smallest absolute Gasteiger partial charge is 0.315 e. The maximum Gasteiger partial charge on any atom is 0.315 e. The summed E-state index contributed by atoms with van der Waals surface area (Å²) in [5.41, 5.74) is 0. The average Bonchev–Trinajstić information content (AvgIpc) is 2.97. The van der Waals surface area contributed by atoms with Crippen LogP contribution in [-0.2, 0) is 21.7 Å². The van der Waals surface area contributed by atoms with Crippen LogP contribution in [-0.4, -0.2) is 28.5 Å². The number of carbonyl (C=O) groups excluding carboxylic acids is 1. The third kappa shape index (κ3) is 3.73. The Balaban J connectivity index is 1.79. The molecule has 1 saturated carbocycles. The minimum absolute atomic E-state index is 0.0532. The molecule has 0 spiro atoms. The van der Waals surface area contributed by atoms with Crippen molar-refractivity contribution in [2.45, 2.75) is 43.1 Å². The molecule has 1 aromatic rings. The Bertz CT molecular complexity index is 375. The first-order valence-electron chi connectivity index (χ1n) is 5.78. The molecule has 2 rings (SSSR count). The fourth-order valence-corrected chi connectivity index (χ4v) is 3.03. The van der Waals surface area contributed by atoms with Gasteiger partial charge in [-0.05, 0) is 12.8 Å². The van der Waals surface area contributed by atoms with E-state index in [2.05, 4.69) is 14.9 Å². The van der Waals surface area contributed by atoms with Gasteiger partial charge in [-0.15, -0.1) is 0 Å². The minimum Gasteiger partial charge on any atom is -0.469 e. The van der Waals surface area contributed by atoms with Gasteiger partial charge in [0.05, 0.1) is 12.9 Å². The van der Waals surface area contributed by atoms with Crippen molar-refractivity contribution in [3.05, 3.63) is 11.7 Å². The lowest BCUT2D eigenvalue weighted by Gasteiger charge is -2.04. The lowest BCUT2D eigenvalue weighted by molar-refractivity contribution is -0.140. The summed E-state index contributed by atoms with van der Waals surface area (Å²) in [7, 11) is 1.34. The van der Waals surface area contributed by atoms with Crippen LogP contribution in [0.3, 0.4) is 0 Å². The first kappa shape index (κ1) is 12.4. The molecule has 0 aromatic carbocycles. The van der Waals surface area contributed by atoms with Gasteiger partial charge >= 0.3 is 5.97 Å². The molecule has 17 heavy (non-hydrogen) atoms. The van der Waals surface area contributed by atoms with Gasteiger partial charge in [-0.25, -0.2) is 0 Å². The topological polar surface area (TPSA) is 65.2 Å². The molecular weight excluding hydrogens is 240 g/mol. The molecular formula is C11H16N2O3S. The Morgan fingerprint density at radius 1 is 1.53 bits per heavy atom. The van der Waals surface area contributed by atoms with Crippen molar-refractivity contribution in [1.29, 1.82) is 0 Å². The molecule has 0 atom stereocenters. The van der Waals surface area contributed by atoms with Crippen LogP contribution in [0, 0.1) is 0 Å². The fraction of sp³-hybridized carbons (Fsp3) is 0.727. The molecule has 0 amide bonds. The number of hydrogen-bond acceptors (Lipinski definition) is 6. The van der Waals surface area contributed by atoms with Crippen LogP contribution in [0.15, 0.2) is 4.52 Å². The van der Waals surface area contributed by atoms with Crippen LogP contribution in [0.25, 0.3) is 0 Å². The molecule has 1 aliphatic rings. The second-order valence-corrected chi connectivity index (χ2v) is 5.36. The van der Waals surface area contributed by atoms with Crippen molar-refractivity contribution in [3.8, 4) is 0 Å². The van der Waals surface area contributed by atoms with Crippen molar-refractivity contribution < 1.29 is 14.1 Å². The molecule has 5 nitrogen and oxygen atoms in total. The number of aromatic nitrogens is 2. The molecule has 0 unspecified atom stereocenters. The molecule has 1 fully saturated rings. The van der Waals surface area contributed by atoms with E-state index < -0.39 is 0 Å². The summed E-state index contributed by atoms with van der Waals surface area (Å²) in [4.78, 5) is 15.2. The van der Waals surface area contributed by atoms with Gasteiger partial charge < -0.3 is 9.26 Å². The number of thioether (sulfide) groups is 1. The Hall–Kier alpha value is -1.04. The van der Waals surface area contributed by atoms with Crippen LogP contribution in [0.5, 0.6) is 0 Å². The number of carbonyl (C=O) groups is 1. The first-order valence-corrected chi connectivity index (χ1v) is 6.82. The highest BCUT2D eigenvalue weighted by Gasteiger charge is 2.17. The second kappa shape index (κ2) is 6.05. The van der Waals surface area contributed by atoms with Crippen LogP contribution in [0.1, 0.15) is 37.4 Å². The zero-order chi connectivity index (χ0) is 12.1. The van der Waals surface area contributed by atoms with Gasteiger partial charge in [0.1, 0.15) is 6.42 Å². The van der Waals surface area contributed by atoms with Gasteiger partial charge in [-0.2, -0.15) is 16.7 Å². The summed E-state index contributed by atoms with van der Waals surface area (Å²) in [6, 6.07) is 0. The summed E-state index contributed by atoms with van der Waals surface area (Å²) in [6.07, 6.45) is 5.29. The predicted molar refractivity (Wildman–Crippen MR) is 63.6 cm³/mol. The van der Waals surface area contributed by atoms with Crippen LogP contribution in [0.2, 0.25) is 0 Å². The van der Waals surface area contributed by atoms with Gasteiger partial charge in [0.25, 0.3) is 0 Å². The van der Waals surface area contributed by atoms with E-state index in [1.54, 1.807) is 0 Å². The van der Waals surface area contributed by atoms with Crippen molar-refractivity contribution in [2.24, 2.45) is 0 Å². The van der Waals surface area contributed by atoms with Gasteiger partial charge in [-0.3, -0.25) is 4.79 Å². The quantitative estimate of drug-likeness (QED) is 0.750. The number of hydrogen-bond donors (Lipinski definition) is 0. The van der Waals surface area contributed by atoms with Gasteiger partial charge in [0.2, 0.25) is 5.89 Å². The van der Waals surface area contributed by atoms with Gasteiger partial charge in [0.15, 0.2) is 5.82 Å². The van der Waals surface area contributed by atoms with Gasteiger partial charge in [0, 0.05) is 5.25 Å². The number of ether oxygens (including phenoxy) is 1. The fourth-order valence-electron chi connectivity index (χ4n) is 1.86. The maximum atomic E-state index is 11.0. The molecule has 0 bridgehead atoms. The number of rotatable bonds is 5. The normalized spacial score (nSPS) is 16.3. The van der Waals surface area contributed by atoms with E-state index in [4.69, 9.17) is 4.52 Å². The van der Waals surface area contributed by atoms with E-state index in [1.165, 1.54) is 32.8 Å². The molecule has 6 heteroatoms. The van der Waals surface area contributed by atoms with E-state index >= 15 is 0 Å². The van der Waals surface area contributed by atoms with Crippen LogP contribution in [0.4, 0.5) is 0 Å². The third-order valence-corrected chi connectivity index (χ3v) is 4.15. The SMILES string of the molecule is COC(=O)Cc1nc(CSC2CCCC2)no1. The number of methoxy groups -OCH3 is 1.